The van der Waals surface area contributed by atoms with Crippen LogP contribution in [-0.2, 0) is 28.5 Å². The standard InChI is InChI=1S/C24H25NO14S/c25-24(32)37-9-4-7-8(5-10(9)38-24)18(14-13(15(7)26)20(29)39-23(14,30)31)35-22-17(28)16(27)19-11(34-22)6-33-21(36-19)12-2-1-3-40-12/h1-5,11,13-19,21-22,26-28,30-32H,6,25H2. The maximum absolute atomic E-state index is 12.6. The van der Waals surface area contributed by atoms with Crippen molar-refractivity contribution in [1.29, 1.82) is 0 Å². The van der Waals surface area contributed by atoms with Crippen molar-refractivity contribution in [2.24, 2.45) is 17.6 Å². The van der Waals surface area contributed by atoms with Crippen LogP contribution < -0.4 is 15.2 Å². The first-order valence-electron chi connectivity index (χ1n) is 12.3. The van der Waals surface area contributed by atoms with Crippen molar-refractivity contribution in [3.63, 3.8) is 0 Å². The molecule has 40 heavy (non-hydrogen) atoms. The number of ether oxygens (including phenoxy) is 7. The molecule has 15 nitrogen and oxygen atoms in total. The van der Waals surface area contributed by atoms with E-state index < -0.39 is 79.1 Å². The van der Waals surface area contributed by atoms with Crippen molar-refractivity contribution >= 4 is 17.3 Å². The largest absolute Gasteiger partial charge is 0.439 e. The summed E-state index contributed by atoms with van der Waals surface area (Å²) < 4.78 is 38.6. The van der Waals surface area contributed by atoms with E-state index in [2.05, 4.69) is 0 Å². The Morgan fingerprint density at radius 2 is 1.73 bits per heavy atom. The molecule has 5 aliphatic rings. The van der Waals surface area contributed by atoms with Gasteiger partial charge in [0.1, 0.15) is 30.3 Å². The van der Waals surface area contributed by atoms with Gasteiger partial charge in [-0.3, -0.25) is 4.79 Å². The molecule has 0 spiro atoms. The molecule has 7 rings (SSSR count). The second-order valence-corrected chi connectivity index (χ2v) is 11.2. The number of carbonyl (C=O) groups excluding carboxylic acids is 1. The number of esters is 1. The molecule has 5 heterocycles. The quantitative estimate of drug-likeness (QED) is 0.156. The van der Waals surface area contributed by atoms with Crippen LogP contribution in [0.3, 0.4) is 0 Å². The fourth-order valence-corrected chi connectivity index (χ4v) is 6.62. The molecule has 2 aromatic rings. The Kier molecular flexibility index (Phi) is 5.97. The van der Waals surface area contributed by atoms with Gasteiger partial charge in [0, 0.05) is 0 Å². The van der Waals surface area contributed by atoms with Gasteiger partial charge in [-0.05, 0) is 34.7 Å². The number of rotatable bonds is 3. The molecule has 216 valence electrons. The summed E-state index contributed by atoms with van der Waals surface area (Å²) in [5.41, 5.74) is 5.62. The van der Waals surface area contributed by atoms with Gasteiger partial charge in [-0.1, -0.05) is 6.07 Å². The van der Waals surface area contributed by atoms with Crippen molar-refractivity contribution in [3.8, 4) is 11.5 Å². The van der Waals surface area contributed by atoms with Crippen molar-refractivity contribution < 1.29 is 68.6 Å². The van der Waals surface area contributed by atoms with Crippen LogP contribution in [0.5, 0.6) is 11.5 Å². The van der Waals surface area contributed by atoms with Crippen LogP contribution in [0.25, 0.3) is 0 Å². The Balaban J connectivity index is 1.21. The SMILES string of the molecule is NC1(O)Oc2cc3c(cc2O1)C(OC1OC2COC(c4cccs4)OC2C(O)C1O)C1C(C(=O)OC1(O)O)C3O. The van der Waals surface area contributed by atoms with Gasteiger partial charge in [0.25, 0.3) is 0 Å². The number of fused-ring (bicyclic) bond motifs is 4. The van der Waals surface area contributed by atoms with E-state index in [0.717, 1.165) is 4.88 Å². The Morgan fingerprint density at radius 3 is 2.42 bits per heavy atom. The lowest BCUT2D eigenvalue weighted by atomic mass is 9.72. The zero-order valence-electron chi connectivity index (χ0n) is 20.3. The molecule has 0 amide bonds. The van der Waals surface area contributed by atoms with Gasteiger partial charge < -0.3 is 63.8 Å². The maximum Gasteiger partial charge on any atom is 0.439 e. The van der Waals surface area contributed by atoms with E-state index in [0.29, 0.717) is 0 Å². The maximum atomic E-state index is 12.6. The van der Waals surface area contributed by atoms with Gasteiger partial charge in [-0.2, -0.15) is 0 Å². The molecule has 11 unspecified atom stereocenters. The average molecular weight is 584 g/mol. The molecule has 0 saturated carbocycles. The third-order valence-electron chi connectivity index (χ3n) is 7.69. The lowest BCUT2D eigenvalue weighted by molar-refractivity contribution is -0.383. The van der Waals surface area contributed by atoms with Crippen LogP contribution in [0.2, 0.25) is 0 Å². The third-order valence-corrected chi connectivity index (χ3v) is 8.58. The Morgan fingerprint density at radius 1 is 1.00 bits per heavy atom. The molecule has 11 atom stereocenters. The molecular weight excluding hydrogens is 558 g/mol. The summed E-state index contributed by atoms with van der Waals surface area (Å²) in [7, 11) is 0. The average Bonchev–Trinajstić information content (AvgIpc) is 3.58. The van der Waals surface area contributed by atoms with Gasteiger partial charge >= 0.3 is 18.0 Å². The summed E-state index contributed by atoms with van der Waals surface area (Å²) in [5, 5.41) is 66.0. The van der Waals surface area contributed by atoms with Crippen molar-refractivity contribution in [1.82, 2.24) is 0 Å². The Hall–Kier alpha value is -2.45. The van der Waals surface area contributed by atoms with E-state index in [1.165, 1.54) is 23.5 Å². The second kappa shape index (κ2) is 9.02. The number of nitrogens with two attached hydrogens (primary N) is 1. The van der Waals surface area contributed by atoms with Crippen LogP contribution in [0.4, 0.5) is 0 Å². The number of cyclic esters (lactones) is 1. The Bertz CT molecular complexity index is 1320. The molecule has 0 radical (unpaired) electrons. The van der Waals surface area contributed by atoms with Crippen molar-refractivity contribution in [3.05, 3.63) is 45.6 Å². The summed E-state index contributed by atoms with van der Waals surface area (Å²) in [6, 6.07) is 6.14. The highest BCUT2D eigenvalue weighted by Gasteiger charge is 2.65. The fraction of sp³-hybridized carbons (Fsp3) is 0.542. The minimum Gasteiger partial charge on any atom is -0.413 e. The molecule has 16 heteroatoms. The minimum absolute atomic E-state index is 0.0256. The first-order valence-corrected chi connectivity index (χ1v) is 13.2. The zero-order chi connectivity index (χ0) is 28.1. The van der Waals surface area contributed by atoms with E-state index in [1.807, 2.05) is 11.4 Å². The topological polar surface area (TPSA) is 229 Å². The van der Waals surface area contributed by atoms with Gasteiger partial charge in [0.05, 0.1) is 29.6 Å². The summed E-state index contributed by atoms with van der Waals surface area (Å²) in [6.45, 7) is -0.0256. The van der Waals surface area contributed by atoms with E-state index in [9.17, 15) is 35.4 Å². The highest BCUT2D eigenvalue weighted by atomic mass is 32.1. The number of hydrogen-bond donors (Lipinski definition) is 7. The lowest BCUT2D eigenvalue weighted by Crippen LogP contribution is -2.62. The van der Waals surface area contributed by atoms with Crippen LogP contribution in [0, 0.1) is 11.8 Å². The van der Waals surface area contributed by atoms with Crippen LogP contribution >= 0.6 is 11.3 Å². The summed E-state index contributed by atoms with van der Waals surface area (Å²) >= 11 is 1.40. The van der Waals surface area contributed by atoms with E-state index >= 15 is 0 Å². The van der Waals surface area contributed by atoms with E-state index in [1.54, 1.807) is 6.07 Å². The van der Waals surface area contributed by atoms with Crippen LogP contribution in [0.1, 0.15) is 34.5 Å². The van der Waals surface area contributed by atoms with Crippen molar-refractivity contribution in [2.75, 3.05) is 6.61 Å². The van der Waals surface area contributed by atoms with E-state index in [4.69, 9.17) is 38.9 Å². The zero-order valence-corrected chi connectivity index (χ0v) is 21.1. The highest BCUT2D eigenvalue weighted by Crippen LogP contribution is 2.57. The summed E-state index contributed by atoms with van der Waals surface area (Å²) in [4.78, 5) is 13.4. The van der Waals surface area contributed by atoms with Crippen LogP contribution in [0.15, 0.2) is 29.6 Å². The summed E-state index contributed by atoms with van der Waals surface area (Å²) in [6.07, 6.45) is -13.0. The predicted molar refractivity (Wildman–Crippen MR) is 124 cm³/mol. The Labute approximate surface area is 228 Å². The molecule has 1 aromatic carbocycles. The van der Waals surface area contributed by atoms with Crippen molar-refractivity contribution in [2.45, 2.75) is 61.3 Å². The normalized spacial score (nSPS) is 43.0. The van der Waals surface area contributed by atoms with Gasteiger partial charge in [-0.15, -0.1) is 11.3 Å². The molecule has 8 N–H and O–H groups in total. The molecule has 3 fully saturated rings. The number of thiophene rings is 1. The van der Waals surface area contributed by atoms with Gasteiger partial charge in [-0.25, -0.2) is 5.73 Å². The third kappa shape index (κ3) is 4.04. The first kappa shape index (κ1) is 26.4. The van der Waals surface area contributed by atoms with Crippen LogP contribution in [-0.4, -0.2) is 86.0 Å². The molecular formula is C24H25NO14S. The molecule has 1 aliphatic carbocycles. The summed E-state index contributed by atoms with van der Waals surface area (Å²) in [5.74, 6) is -7.47. The monoisotopic (exact) mass is 583 g/mol. The minimum atomic E-state index is -3.08. The lowest BCUT2D eigenvalue weighted by Gasteiger charge is -2.48. The van der Waals surface area contributed by atoms with E-state index in [-0.39, 0.29) is 29.2 Å². The number of aliphatic hydroxyl groups is 6. The smallest absolute Gasteiger partial charge is 0.413 e. The van der Waals surface area contributed by atoms with Gasteiger partial charge in [0.2, 0.25) is 0 Å². The molecule has 1 aromatic heterocycles. The fourth-order valence-electron chi connectivity index (χ4n) is 5.91. The predicted octanol–water partition coefficient (Wildman–Crippen LogP) is -1.83. The number of benzene rings is 1. The second-order valence-electron chi connectivity index (χ2n) is 10.2. The number of hydrogen-bond acceptors (Lipinski definition) is 16. The van der Waals surface area contributed by atoms with Gasteiger partial charge in [0.15, 0.2) is 24.1 Å². The number of aliphatic hydroxyl groups excluding tert-OH is 3. The molecule has 4 aliphatic heterocycles. The first-order chi connectivity index (χ1) is 18.9. The molecule has 0 bridgehead atoms. The molecule has 3 saturated heterocycles. The number of carbonyl (C=O) groups is 1. The highest BCUT2D eigenvalue weighted by molar-refractivity contribution is 7.10.